The molecule has 0 amide bonds. The third-order valence-corrected chi connectivity index (χ3v) is 8.04. The second-order valence-electron chi connectivity index (χ2n) is 10.7. The van der Waals surface area contributed by atoms with Crippen molar-refractivity contribution in [3.05, 3.63) is 58.0 Å². The van der Waals surface area contributed by atoms with Gasteiger partial charge in [0.05, 0.1) is 12.8 Å². The van der Waals surface area contributed by atoms with E-state index < -0.39 is 0 Å². The largest absolute Gasteiger partial charge is 0.484 e. The van der Waals surface area contributed by atoms with Crippen LogP contribution in [-0.4, -0.2) is 71.8 Å². The summed E-state index contributed by atoms with van der Waals surface area (Å²) in [6.45, 7) is 9.83. The Labute approximate surface area is 239 Å². The number of ether oxygens (including phenoxy) is 2. The Bertz CT molecular complexity index is 1480. The molecule has 0 bridgehead atoms. The highest BCUT2D eigenvalue weighted by atomic mass is 35.5. The number of aromatic nitrogens is 3. The number of nitrogens with one attached hydrogen (secondary N) is 1. The third-order valence-electron chi connectivity index (χ3n) is 7.72. The summed E-state index contributed by atoms with van der Waals surface area (Å²) in [6.07, 6.45) is 5.78. The zero-order valence-corrected chi connectivity index (χ0v) is 24.2. The third kappa shape index (κ3) is 6.37. The highest BCUT2D eigenvalue weighted by Crippen LogP contribution is 2.31. The first-order valence-electron chi connectivity index (χ1n) is 13.8. The minimum absolute atomic E-state index is 0.113. The van der Waals surface area contributed by atoms with Crippen LogP contribution in [0.3, 0.4) is 0 Å². The minimum Gasteiger partial charge on any atom is -0.484 e. The molecule has 4 heterocycles. The van der Waals surface area contributed by atoms with Gasteiger partial charge in [-0.25, -0.2) is 9.98 Å². The number of methoxy groups -OCH3 is 1. The van der Waals surface area contributed by atoms with E-state index in [1.54, 1.807) is 26.3 Å². The summed E-state index contributed by atoms with van der Waals surface area (Å²) >= 11 is 6.77. The van der Waals surface area contributed by atoms with Crippen molar-refractivity contribution in [3.63, 3.8) is 0 Å². The van der Waals surface area contributed by atoms with E-state index in [1.165, 1.54) is 0 Å². The highest BCUT2D eigenvalue weighted by Gasteiger charge is 2.23. The number of fused-ring (bicyclic) bond motifs is 1. The first-order valence-corrected chi connectivity index (χ1v) is 14.2. The molecule has 2 saturated heterocycles. The van der Waals surface area contributed by atoms with Crippen LogP contribution in [0.1, 0.15) is 38.2 Å². The summed E-state index contributed by atoms with van der Waals surface area (Å²) in [4.78, 5) is 30.3. The van der Waals surface area contributed by atoms with Gasteiger partial charge in [-0.1, -0.05) is 30.3 Å². The average Bonchev–Trinajstić information content (AvgIpc) is 2.95. The molecule has 40 heavy (non-hydrogen) atoms. The maximum atomic E-state index is 14.1. The van der Waals surface area contributed by atoms with Gasteiger partial charge in [-0.15, -0.1) is 0 Å². The minimum atomic E-state index is -0.113. The van der Waals surface area contributed by atoms with Crippen molar-refractivity contribution in [2.24, 2.45) is 10.9 Å². The second kappa shape index (κ2) is 12.5. The molecule has 1 atom stereocenters. The van der Waals surface area contributed by atoms with Crippen molar-refractivity contribution in [2.75, 3.05) is 45.8 Å². The summed E-state index contributed by atoms with van der Waals surface area (Å²) in [5.74, 6) is 1.38. The molecule has 9 nitrogen and oxygen atoms in total. The number of piperidine rings is 1. The molecule has 0 aliphatic carbocycles. The van der Waals surface area contributed by atoms with E-state index in [0.717, 1.165) is 62.9 Å². The summed E-state index contributed by atoms with van der Waals surface area (Å²) < 4.78 is 12.4. The smallest absolute Gasteiger partial charge is 0.260 e. The Balaban J connectivity index is 1.56. The Kier molecular flexibility index (Phi) is 8.83. The van der Waals surface area contributed by atoms with Gasteiger partial charge < -0.3 is 19.7 Å². The van der Waals surface area contributed by atoms with Gasteiger partial charge in [-0.2, -0.15) is 4.98 Å². The molecule has 0 radical (unpaired) electrons. The number of anilines is 1. The molecule has 2 aliphatic rings. The maximum absolute atomic E-state index is 14.1. The molecule has 10 heteroatoms. The van der Waals surface area contributed by atoms with Crippen LogP contribution >= 0.6 is 11.6 Å². The van der Waals surface area contributed by atoms with Crippen LogP contribution in [0.15, 0.2) is 46.8 Å². The van der Waals surface area contributed by atoms with Crippen molar-refractivity contribution in [2.45, 2.75) is 45.2 Å². The van der Waals surface area contributed by atoms with Crippen LogP contribution in [0.5, 0.6) is 0 Å². The van der Waals surface area contributed by atoms with E-state index in [1.807, 2.05) is 22.8 Å². The maximum Gasteiger partial charge on any atom is 0.260 e. The summed E-state index contributed by atoms with van der Waals surface area (Å²) in [5, 5.41) is 4.69. The molecule has 2 fully saturated rings. The van der Waals surface area contributed by atoms with E-state index in [2.05, 4.69) is 33.8 Å². The fraction of sp³-hybridized carbons (Fsp3) is 0.467. The Morgan fingerprint density at radius 2 is 2.05 bits per heavy atom. The van der Waals surface area contributed by atoms with Crippen LogP contribution < -0.4 is 10.9 Å². The molecule has 5 rings (SSSR count). The number of halogens is 1. The average molecular weight is 565 g/mol. The van der Waals surface area contributed by atoms with Crippen molar-refractivity contribution >= 4 is 40.2 Å². The number of aliphatic imine (C=N–C) groups is 1. The standard InChI is InChI=1S/C30H37ClN6O3/c1-19(33-20(2)39-4)22-7-8-25(27(31)15-22)26-14-23-16-32-30(34-24-9-12-40-13-10-24)35-28(23)37(29(26)38)18-21-6-5-11-36(3)17-21/h7-8,14-16,21,24H,1,5-6,9-13,17-18H2,2-4H3,(H,32,34,35). The van der Waals surface area contributed by atoms with Gasteiger partial charge in [0.2, 0.25) is 5.95 Å². The number of rotatable bonds is 7. The van der Waals surface area contributed by atoms with Crippen molar-refractivity contribution in [3.8, 4) is 11.1 Å². The van der Waals surface area contributed by atoms with Gasteiger partial charge >= 0.3 is 0 Å². The molecule has 1 unspecified atom stereocenters. The van der Waals surface area contributed by atoms with Gasteiger partial charge in [-0.3, -0.25) is 9.36 Å². The molecular weight excluding hydrogens is 528 g/mol. The van der Waals surface area contributed by atoms with E-state index in [-0.39, 0.29) is 11.6 Å². The van der Waals surface area contributed by atoms with Crippen LogP contribution in [0.25, 0.3) is 27.9 Å². The molecule has 0 saturated carbocycles. The molecular formula is C30H37ClN6O3. The normalized spacial score (nSPS) is 19.1. The fourth-order valence-corrected chi connectivity index (χ4v) is 5.79. The predicted octanol–water partition coefficient (Wildman–Crippen LogP) is 5.08. The SMILES string of the molecule is C=C(N=C(C)OC)c1ccc(-c2cc3cnc(NC4CCOCC4)nc3n(CC3CCCN(C)C3)c2=O)c(Cl)c1. The van der Waals surface area contributed by atoms with Crippen molar-refractivity contribution < 1.29 is 9.47 Å². The molecule has 212 valence electrons. The first kappa shape index (κ1) is 28.3. The monoisotopic (exact) mass is 564 g/mol. The number of likely N-dealkylation sites (tertiary alicyclic amines) is 1. The van der Waals surface area contributed by atoms with E-state index >= 15 is 0 Å². The van der Waals surface area contributed by atoms with E-state index in [4.69, 9.17) is 26.1 Å². The number of nitrogens with zero attached hydrogens (tertiary/aromatic N) is 5. The Hall–Kier alpha value is -3.27. The van der Waals surface area contributed by atoms with Crippen molar-refractivity contribution in [1.29, 1.82) is 0 Å². The van der Waals surface area contributed by atoms with Gasteiger partial charge in [0.25, 0.3) is 5.56 Å². The van der Waals surface area contributed by atoms with Gasteiger partial charge in [-0.05, 0) is 57.3 Å². The van der Waals surface area contributed by atoms with Crippen LogP contribution in [0, 0.1) is 5.92 Å². The predicted molar refractivity (Wildman–Crippen MR) is 161 cm³/mol. The molecule has 0 spiro atoms. The number of hydrogen-bond acceptors (Lipinski definition) is 8. The number of hydrogen-bond donors (Lipinski definition) is 1. The van der Waals surface area contributed by atoms with Crippen LogP contribution in [0.4, 0.5) is 5.95 Å². The zero-order chi connectivity index (χ0) is 28.2. The zero-order valence-electron chi connectivity index (χ0n) is 23.5. The lowest BCUT2D eigenvalue weighted by atomic mass is 9.97. The Morgan fingerprint density at radius 1 is 1.25 bits per heavy atom. The Morgan fingerprint density at radius 3 is 2.77 bits per heavy atom. The lowest BCUT2D eigenvalue weighted by Gasteiger charge is -2.30. The van der Waals surface area contributed by atoms with Gasteiger partial charge in [0.1, 0.15) is 5.65 Å². The first-order chi connectivity index (χ1) is 19.3. The molecule has 1 aromatic carbocycles. The van der Waals surface area contributed by atoms with E-state index in [0.29, 0.717) is 51.8 Å². The highest BCUT2D eigenvalue weighted by molar-refractivity contribution is 6.33. The number of benzene rings is 1. The number of pyridine rings is 1. The van der Waals surface area contributed by atoms with E-state index in [9.17, 15) is 4.79 Å². The van der Waals surface area contributed by atoms with Crippen LogP contribution in [-0.2, 0) is 16.0 Å². The van der Waals surface area contributed by atoms with Gasteiger partial charge in [0.15, 0.2) is 5.90 Å². The van der Waals surface area contributed by atoms with Crippen molar-refractivity contribution in [1.82, 2.24) is 19.4 Å². The lowest BCUT2D eigenvalue weighted by molar-refractivity contribution is 0.0903. The summed E-state index contributed by atoms with van der Waals surface area (Å²) in [5.41, 5.74) is 2.97. The molecule has 2 aromatic heterocycles. The quantitative estimate of drug-likeness (QED) is 0.316. The summed E-state index contributed by atoms with van der Waals surface area (Å²) in [7, 11) is 3.70. The summed E-state index contributed by atoms with van der Waals surface area (Å²) in [6, 6.07) is 7.61. The molecule has 2 aliphatic heterocycles. The topological polar surface area (TPSA) is 93.9 Å². The molecule has 3 aromatic rings. The van der Waals surface area contributed by atoms with Gasteiger partial charge in [0, 0.05) is 72.6 Å². The second-order valence-corrected chi connectivity index (χ2v) is 11.1. The van der Waals surface area contributed by atoms with Crippen LogP contribution in [0.2, 0.25) is 5.02 Å². The fourth-order valence-electron chi connectivity index (χ4n) is 5.51. The lowest BCUT2D eigenvalue weighted by Crippen LogP contribution is -2.36. The molecule has 1 N–H and O–H groups in total.